The second-order valence-electron chi connectivity index (χ2n) is 3.19. The summed E-state index contributed by atoms with van der Waals surface area (Å²) >= 11 is 4.08. The molecule has 1 aromatic heterocycles. The number of nitrogens with two attached hydrogens (primary N) is 1. The highest BCUT2D eigenvalue weighted by Gasteiger charge is 2.24. The van der Waals surface area contributed by atoms with Crippen molar-refractivity contribution < 1.29 is 8.78 Å². The van der Waals surface area contributed by atoms with E-state index in [0.717, 1.165) is 17.6 Å². The topological polar surface area (TPSA) is 63.8 Å². The summed E-state index contributed by atoms with van der Waals surface area (Å²) in [7, 11) is 0. The molecular weight excluding hydrogens is 314 g/mol. The molecule has 0 aliphatic carbocycles. The van der Waals surface area contributed by atoms with E-state index in [2.05, 4.69) is 30.9 Å². The van der Waals surface area contributed by atoms with Crippen LogP contribution in [0.15, 0.2) is 22.0 Å². The fourth-order valence-electron chi connectivity index (χ4n) is 1.42. The summed E-state index contributed by atoms with van der Waals surface area (Å²) < 4.78 is 31.3. The molecule has 2 aromatic rings. The Bertz CT molecular complexity index is 520. The fourth-order valence-corrected chi connectivity index (χ4v) is 2.25. The minimum absolute atomic E-state index is 0.164. The Hall–Kier alpha value is -0.960. The van der Waals surface area contributed by atoms with Crippen LogP contribution in [0.3, 0.4) is 0 Å². The molecule has 1 unspecified atom stereocenters. The molecule has 1 atom stereocenters. The van der Waals surface area contributed by atoms with Crippen molar-refractivity contribution in [1.29, 1.82) is 0 Å². The maximum absolute atomic E-state index is 13.9. The maximum Gasteiger partial charge on any atom is 0.145 e. The number of nitrogens with one attached hydrogen (secondary N) is 1. The van der Waals surface area contributed by atoms with Crippen LogP contribution in [0.2, 0.25) is 0 Å². The molecule has 8 heteroatoms. The predicted octanol–water partition coefficient (Wildman–Crippen LogP) is 2.13. The lowest BCUT2D eigenvalue weighted by atomic mass is 10.0. The zero-order valence-electron chi connectivity index (χ0n) is 8.32. The summed E-state index contributed by atoms with van der Waals surface area (Å²) in [5, 5.41) is 5.33. The Morgan fingerprint density at radius 2 is 2.18 bits per heavy atom. The van der Waals surface area contributed by atoms with Crippen molar-refractivity contribution in [2.45, 2.75) is 6.04 Å². The highest BCUT2D eigenvalue weighted by Crippen LogP contribution is 2.29. The maximum atomic E-state index is 13.9. The summed E-state index contributed by atoms with van der Waals surface area (Å²) in [5.41, 5.74) is 2.52. The first-order valence-corrected chi connectivity index (χ1v) is 6.14. The standard InChI is InChI=1S/C9H7BrF2N4S/c10-4-1-2-5(11)7(8(4)12)9(14-13)6-3-17-16-15-6/h1-3,9,14H,13H2. The Labute approximate surface area is 108 Å². The molecule has 2 rings (SSSR count). The summed E-state index contributed by atoms with van der Waals surface area (Å²) in [6, 6.07) is 1.58. The summed E-state index contributed by atoms with van der Waals surface area (Å²) in [6.45, 7) is 0. The van der Waals surface area contributed by atoms with E-state index in [0.29, 0.717) is 5.69 Å². The van der Waals surface area contributed by atoms with E-state index >= 15 is 0 Å². The van der Waals surface area contributed by atoms with Crippen LogP contribution in [-0.2, 0) is 0 Å². The third kappa shape index (κ3) is 2.34. The first kappa shape index (κ1) is 12.5. The minimum Gasteiger partial charge on any atom is -0.271 e. The smallest absolute Gasteiger partial charge is 0.145 e. The third-order valence-electron chi connectivity index (χ3n) is 2.21. The van der Waals surface area contributed by atoms with Gasteiger partial charge in [-0.1, -0.05) is 4.49 Å². The Morgan fingerprint density at radius 3 is 2.76 bits per heavy atom. The van der Waals surface area contributed by atoms with E-state index in [-0.39, 0.29) is 10.0 Å². The summed E-state index contributed by atoms with van der Waals surface area (Å²) in [5.74, 6) is 3.92. The van der Waals surface area contributed by atoms with Crippen molar-refractivity contribution in [1.82, 2.24) is 15.0 Å². The van der Waals surface area contributed by atoms with Crippen LogP contribution < -0.4 is 11.3 Å². The molecular formula is C9H7BrF2N4S. The lowest BCUT2D eigenvalue weighted by molar-refractivity contribution is 0.502. The van der Waals surface area contributed by atoms with Crippen molar-refractivity contribution in [3.63, 3.8) is 0 Å². The number of benzene rings is 1. The molecule has 4 nitrogen and oxygen atoms in total. The molecule has 0 spiro atoms. The number of hydrogen-bond donors (Lipinski definition) is 2. The van der Waals surface area contributed by atoms with E-state index in [1.54, 1.807) is 5.38 Å². The number of hydrogen-bond acceptors (Lipinski definition) is 5. The van der Waals surface area contributed by atoms with Gasteiger partial charge in [0, 0.05) is 10.9 Å². The summed E-state index contributed by atoms with van der Waals surface area (Å²) in [4.78, 5) is 0. The van der Waals surface area contributed by atoms with Gasteiger partial charge >= 0.3 is 0 Å². The SMILES string of the molecule is NNC(c1csnn1)c1c(F)ccc(Br)c1F. The van der Waals surface area contributed by atoms with Gasteiger partial charge in [-0.15, -0.1) is 5.10 Å². The van der Waals surface area contributed by atoms with Gasteiger partial charge in [0.2, 0.25) is 0 Å². The van der Waals surface area contributed by atoms with Gasteiger partial charge in [0.05, 0.1) is 16.2 Å². The van der Waals surface area contributed by atoms with Gasteiger partial charge in [-0.3, -0.25) is 5.84 Å². The average molecular weight is 321 g/mol. The van der Waals surface area contributed by atoms with Gasteiger partial charge < -0.3 is 0 Å². The number of nitrogens with zero attached hydrogens (tertiary/aromatic N) is 2. The predicted molar refractivity (Wildman–Crippen MR) is 63.1 cm³/mol. The minimum atomic E-state index is -0.869. The quantitative estimate of drug-likeness (QED) is 0.516. The van der Waals surface area contributed by atoms with Crippen LogP contribution in [0.25, 0.3) is 0 Å². The van der Waals surface area contributed by atoms with Crippen molar-refractivity contribution in [2.24, 2.45) is 5.84 Å². The Kier molecular flexibility index (Phi) is 3.77. The number of rotatable bonds is 3. The van der Waals surface area contributed by atoms with Crippen molar-refractivity contribution in [3.8, 4) is 0 Å². The van der Waals surface area contributed by atoms with Crippen LogP contribution in [0.5, 0.6) is 0 Å². The molecule has 0 fully saturated rings. The van der Waals surface area contributed by atoms with E-state index in [1.807, 2.05) is 0 Å². The number of hydrazine groups is 1. The van der Waals surface area contributed by atoms with Gasteiger partial charge in [0.25, 0.3) is 0 Å². The van der Waals surface area contributed by atoms with E-state index in [1.165, 1.54) is 6.07 Å². The molecule has 1 heterocycles. The zero-order chi connectivity index (χ0) is 12.4. The number of halogens is 3. The van der Waals surface area contributed by atoms with Crippen molar-refractivity contribution >= 4 is 27.5 Å². The van der Waals surface area contributed by atoms with Gasteiger partial charge in [0.1, 0.15) is 11.6 Å². The highest BCUT2D eigenvalue weighted by atomic mass is 79.9. The Balaban J connectivity index is 2.55. The van der Waals surface area contributed by atoms with E-state index in [4.69, 9.17) is 5.84 Å². The molecule has 0 amide bonds. The molecule has 0 radical (unpaired) electrons. The van der Waals surface area contributed by atoms with Crippen LogP contribution >= 0.6 is 27.5 Å². The highest BCUT2D eigenvalue weighted by molar-refractivity contribution is 9.10. The normalized spacial score (nSPS) is 12.7. The second-order valence-corrected chi connectivity index (χ2v) is 4.65. The van der Waals surface area contributed by atoms with Crippen molar-refractivity contribution in [3.05, 3.63) is 44.9 Å². The molecule has 0 aliphatic rings. The first-order valence-electron chi connectivity index (χ1n) is 4.51. The summed E-state index contributed by atoms with van der Waals surface area (Å²) in [6.07, 6.45) is 0. The molecule has 17 heavy (non-hydrogen) atoms. The third-order valence-corrected chi connectivity index (χ3v) is 3.34. The van der Waals surface area contributed by atoms with Crippen molar-refractivity contribution in [2.75, 3.05) is 0 Å². The molecule has 0 saturated heterocycles. The number of aromatic nitrogens is 2. The Morgan fingerprint density at radius 1 is 1.41 bits per heavy atom. The fraction of sp³-hybridized carbons (Fsp3) is 0.111. The molecule has 0 saturated carbocycles. The van der Waals surface area contributed by atoms with Crippen LogP contribution in [-0.4, -0.2) is 9.59 Å². The second kappa shape index (κ2) is 5.13. The largest absolute Gasteiger partial charge is 0.271 e. The molecule has 0 aliphatic heterocycles. The molecule has 0 bridgehead atoms. The van der Waals surface area contributed by atoms with Gasteiger partial charge in [-0.25, -0.2) is 14.2 Å². The lowest BCUT2D eigenvalue weighted by Gasteiger charge is -2.15. The van der Waals surface area contributed by atoms with Gasteiger partial charge in [-0.2, -0.15) is 0 Å². The van der Waals surface area contributed by atoms with Crippen LogP contribution in [0.4, 0.5) is 8.78 Å². The molecule has 1 aromatic carbocycles. The molecule has 3 N–H and O–H groups in total. The van der Waals surface area contributed by atoms with E-state index < -0.39 is 17.7 Å². The van der Waals surface area contributed by atoms with Crippen LogP contribution in [0, 0.1) is 11.6 Å². The zero-order valence-corrected chi connectivity index (χ0v) is 10.7. The van der Waals surface area contributed by atoms with Gasteiger partial charge in [0.15, 0.2) is 0 Å². The monoisotopic (exact) mass is 320 g/mol. The molecule has 90 valence electrons. The van der Waals surface area contributed by atoms with Gasteiger partial charge in [-0.05, 0) is 39.6 Å². The average Bonchev–Trinajstić information content (AvgIpc) is 2.83. The first-order chi connectivity index (χ1) is 8.15. The van der Waals surface area contributed by atoms with E-state index in [9.17, 15) is 8.78 Å². The van der Waals surface area contributed by atoms with Crippen LogP contribution in [0.1, 0.15) is 17.3 Å². The lowest BCUT2D eigenvalue weighted by Crippen LogP contribution is -2.30.